The number of benzene rings is 2. The Balaban J connectivity index is 1.68. The molecule has 1 N–H and O–H groups in total. The van der Waals surface area contributed by atoms with Gasteiger partial charge in [0.25, 0.3) is 5.91 Å². The first-order valence-corrected chi connectivity index (χ1v) is 11.2. The number of nitrogens with one attached hydrogen (secondary N) is 1. The number of hydrogen-bond acceptors (Lipinski definition) is 2. The molecule has 4 aromatic rings. The zero-order valence-corrected chi connectivity index (χ0v) is 20.0. The number of amides is 1. The maximum Gasteiger partial charge on any atom is 0.416 e. The van der Waals surface area contributed by atoms with Gasteiger partial charge in [-0.1, -0.05) is 45.0 Å². The molecule has 4 rings (SSSR count). The summed E-state index contributed by atoms with van der Waals surface area (Å²) in [6.07, 6.45) is -1.05. The van der Waals surface area contributed by atoms with Crippen LogP contribution in [0.3, 0.4) is 0 Å². The predicted molar refractivity (Wildman–Crippen MR) is 131 cm³/mol. The molecule has 0 aliphatic heterocycles. The van der Waals surface area contributed by atoms with Crippen LogP contribution in [-0.2, 0) is 18.1 Å². The van der Waals surface area contributed by atoms with Crippen LogP contribution in [0, 0.1) is 6.92 Å². The highest BCUT2D eigenvalue weighted by Gasteiger charge is 2.30. The van der Waals surface area contributed by atoms with Gasteiger partial charge in [0, 0.05) is 18.4 Å². The Morgan fingerprint density at radius 1 is 0.943 bits per heavy atom. The van der Waals surface area contributed by atoms with Crippen molar-refractivity contribution in [2.24, 2.45) is 0 Å². The van der Waals surface area contributed by atoms with E-state index in [1.807, 2.05) is 37.4 Å². The van der Waals surface area contributed by atoms with Crippen molar-refractivity contribution in [3.8, 4) is 11.3 Å². The summed E-state index contributed by atoms with van der Waals surface area (Å²) in [5.41, 5.74) is 3.55. The summed E-state index contributed by atoms with van der Waals surface area (Å²) in [4.78, 5) is 13.5. The normalized spacial score (nSPS) is 12.1. The van der Waals surface area contributed by atoms with Gasteiger partial charge >= 0.3 is 6.18 Å². The number of aryl methyl sites for hydroxylation is 1. The first kappa shape index (κ1) is 24.4. The monoisotopic (exact) mass is 480 g/mol. The molecule has 0 radical (unpaired) electrons. The lowest BCUT2D eigenvalue weighted by Gasteiger charge is -2.19. The van der Waals surface area contributed by atoms with Crippen LogP contribution >= 0.6 is 0 Å². The lowest BCUT2D eigenvalue weighted by molar-refractivity contribution is -0.137. The molecule has 0 aliphatic rings. The number of aromatic nitrogens is 1. The number of hydrogen-bond donors (Lipinski definition) is 1. The van der Waals surface area contributed by atoms with Crippen molar-refractivity contribution in [3.63, 3.8) is 0 Å². The number of rotatable bonds is 5. The summed E-state index contributed by atoms with van der Waals surface area (Å²) in [5, 5.41) is 2.96. The Hall–Kier alpha value is -3.74. The minimum Gasteiger partial charge on any atom is -0.464 e. The highest BCUT2D eigenvalue weighted by molar-refractivity contribution is 6.08. The van der Waals surface area contributed by atoms with E-state index in [9.17, 15) is 18.0 Å². The topological polar surface area (TPSA) is 47.2 Å². The van der Waals surface area contributed by atoms with E-state index in [1.165, 1.54) is 18.4 Å². The molecule has 0 aliphatic carbocycles. The van der Waals surface area contributed by atoms with E-state index in [-0.39, 0.29) is 17.9 Å². The van der Waals surface area contributed by atoms with Crippen LogP contribution in [0.25, 0.3) is 11.3 Å². The number of furan rings is 1. The smallest absolute Gasteiger partial charge is 0.416 e. The molecule has 2 aromatic heterocycles. The number of carbonyl (C=O) groups is 1. The van der Waals surface area contributed by atoms with Crippen LogP contribution in [0.15, 0.2) is 77.5 Å². The average molecular weight is 481 g/mol. The molecule has 182 valence electrons. The van der Waals surface area contributed by atoms with Crippen molar-refractivity contribution >= 4 is 11.6 Å². The zero-order valence-electron chi connectivity index (χ0n) is 20.0. The SMILES string of the molecule is Cc1cn(Cc2ccc(C(F)(F)F)cc2)c(C(=O)Nc2ccc(C(C)(C)C)cc2)c1-c1ccco1. The molecule has 2 aromatic carbocycles. The van der Waals surface area contributed by atoms with E-state index in [0.29, 0.717) is 28.3 Å². The van der Waals surface area contributed by atoms with Gasteiger partial charge in [0.15, 0.2) is 0 Å². The van der Waals surface area contributed by atoms with Crippen LogP contribution in [0.5, 0.6) is 0 Å². The fraction of sp³-hybridized carbons (Fsp3) is 0.250. The molecule has 0 unspecified atom stereocenters. The van der Waals surface area contributed by atoms with Gasteiger partial charge in [0.2, 0.25) is 0 Å². The van der Waals surface area contributed by atoms with Gasteiger partial charge in [0.05, 0.1) is 17.4 Å². The molecule has 0 fully saturated rings. The first-order chi connectivity index (χ1) is 16.4. The molecule has 0 bridgehead atoms. The van der Waals surface area contributed by atoms with Crippen molar-refractivity contribution in [2.45, 2.75) is 45.8 Å². The van der Waals surface area contributed by atoms with Gasteiger partial charge in [-0.2, -0.15) is 13.2 Å². The fourth-order valence-corrected chi connectivity index (χ4v) is 4.03. The van der Waals surface area contributed by atoms with Gasteiger partial charge in [-0.25, -0.2) is 0 Å². The molecule has 35 heavy (non-hydrogen) atoms. The molecular weight excluding hydrogens is 453 g/mol. The average Bonchev–Trinajstić information content (AvgIpc) is 3.40. The molecule has 1 amide bonds. The summed E-state index contributed by atoms with van der Waals surface area (Å²) in [7, 11) is 0. The van der Waals surface area contributed by atoms with E-state index in [2.05, 4.69) is 26.1 Å². The van der Waals surface area contributed by atoms with Crippen LogP contribution in [0.2, 0.25) is 0 Å². The standard InChI is InChI=1S/C28H27F3N2O2/c1-18-16-33(17-19-7-9-21(10-8-19)28(29,30)31)25(24(18)23-6-5-15-35-23)26(34)32-22-13-11-20(12-14-22)27(2,3)4/h5-16H,17H2,1-4H3,(H,32,34). The summed E-state index contributed by atoms with van der Waals surface area (Å²) >= 11 is 0. The molecule has 0 saturated carbocycles. The third-order valence-electron chi connectivity index (χ3n) is 5.89. The van der Waals surface area contributed by atoms with Gasteiger partial charge in [0.1, 0.15) is 11.5 Å². The first-order valence-electron chi connectivity index (χ1n) is 11.2. The summed E-state index contributed by atoms with van der Waals surface area (Å²) in [5.74, 6) is 0.210. The highest BCUT2D eigenvalue weighted by atomic mass is 19.4. The Morgan fingerprint density at radius 2 is 1.57 bits per heavy atom. The third kappa shape index (κ3) is 5.34. The lowest BCUT2D eigenvalue weighted by Crippen LogP contribution is -2.18. The minimum atomic E-state index is -4.40. The van der Waals surface area contributed by atoms with Crippen LogP contribution < -0.4 is 5.32 Å². The van der Waals surface area contributed by atoms with Crippen LogP contribution in [-0.4, -0.2) is 10.5 Å². The minimum absolute atomic E-state index is 0.0114. The van der Waals surface area contributed by atoms with Crippen LogP contribution in [0.1, 0.15) is 53.5 Å². The molecule has 7 heteroatoms. The van der Waals surface area contributed by atoms with Crippen molar-refractivity contribution in [1.29, 1.82) is 0 Å². The van der Waals surface area contributed by atoms with Crippen molar-refractivity contribution in [2.75, 3.05) is 5.32 Å². The van der Waals surface area contributed by atoms with E-state index < -0.39 is 11.7 Å². The van der Waals surface area contributed by atoms with E-state index >= 15 is 0 Å². The number of alkyl halides is 3. The van der Waals surface area contributed by atoms with Crippen molar-refractivity contribution < 1.29 is 22.4 Å². The molecule has 4 nitrogen and oxygen atoms in total. The predicted octanol–water partition coefficient (Wildman–Crippen LogP) is 7.67. The molecule has 2 heterocycles. The van der Waals surface area contributed by atoms with Gasteiger partial charge in [-0.15, -0.1) is 0 Å². The van der Waals surface area contributed by atoms with Crippen LogP contribution in [0.4, 0.5) is 18.9 Å². The molecule has 0 atom stereocenters. The Labute approximate surface area is 202 Å². The van der Waals surface area contributed by atoms with E-state index in [0.717, 1.165) is 23.3 Å². The number of anilines is 1. The zero-order chi connectivity index (χ0) is 25.4. The highest BCUT2D eigenvalue weighted by Crippen LogP contribution is 2.32. The second kappa shape index (κ2) is 9.13. The maximum absolute atomic E-state index is 13.5. The Morgan fingerprint density at radius 3 is 2.11 bits per heavy atom. The lowest BCUT2D eigenvalue weighted by atomic mass is 9.87. The number of halogens is 3. The quantitative estimate of drug-likeness (QED) is 0.319. The van der Waals surface area contributed by atoms with Gasteiger partial charge < -0.3 is 14.3 Å². The number of nitrogens with zero attached hydrogens (tertiary/aromatic N) is 1. The van der Waals surface area contributed by atoms with E-state index in [4.69, 9.17) is 4.42 Å². The van der Waals surface area contributed by atoms with E-state index in [1.54, 1.807) is 16.7 Å². The fourth-order valence-electron chi connectivity index (χ4n) is 4.03. The second-order valence-electron chi connectivity index (χ2n) is 9.62. The van der Waals surface area contributed by atoms with Crippen molar-refractivity contribution in [1.82, 2.24) is 4.57 Å². The maximum atomic E-state index is 13.5. The molecule has 0 saturated heterocycles. The Kier molecular flexibility index (Phi) is 6.36. The summed E-state index contributed by atoms with van der Waals surface area (Å²) in [6.45, 7) is 8.45. The second-order valence-corrected chi connectivity index (χ2v) is 9.62. The van der Waals surface area contributed by atoms with Crippen molar-refractivity contribution in [3.05, 3.63) is 101 Å². The molecule has 0 spiro atoms. The number of carbonyl (C=O) groups excluding carboxylic acids is 1. The summed E-state index contributed by atoms with van der Waals surface area (Å²) in [6, 6.07) is 16.2. The molecular formula is C28H27F3N2O2. The summed E-state index contributed by atoms with van der Waals surface area (Å²) < 4.78 is 46.2. The third-order valence-corrected chi connectivity index (χ3v) is 5.89. The Bertz CT molecular complexity index is 1310. The van der Waals surface area contributed by atoms with Gasteiger partial charge in [-0.05, 0) is 65.4 Å². The largest absolute Gasteiger partial charge is 0.464 e. The van der Waals surface area contributed by atoms with Gasteiger partial charge in [-0.3, -0.25) is 4.79 Å².